The van der Waals surface area contributed by atoms with Crippen molar-refractivity contribution >= 4 is 49.6 Å². The highest BCUT2D eigenvalue weighted by Crippen LogP contribution is 2.29. The van der Waals surface area contributed by atoms with Gasteiger partial charge in [0.05, 0.1) is 5.75 Å². The number of rotatable bonds is 9. The van der Waals surface area contributed by atoms with Crippen LogP contribution in [-0.4, -0.2) is 43.6 Å². The molecule has 0 bridgehead atoms. The van der Waals surface area contributed by atoms with Gasteiger partial charge in [-0.1, -0.05) is 29.2 Å². The summed E-state index contributed by atoms with van der Waals surface area (Å²) in [6.45, 7) is 0.809. The summed E-state index contributed by atoms with van der Waals surface area (Å²) < 4.78 is 31.4. The minimum atomic E-state index is -3.54. The van der Waals surface area contributed by atoms with E-state index in [-0.39, 0.29) is 5.09 Å². The second-order valence-corrected chi connectivity index (χ2v) is 10.7. The number of aromatic nitrogens is 2. The molecule has 3 heterocycles. The predicted octanol–water partition coefficient (Wildman–Crippen LogP) is 3.39. The van der Waals surface area contributed by atoms with Gasteiger partial charge in [-0.05, 0) is 30.0 Å². The summed E-state index contributed by atoms with van der Waals surface area (Å²) in [6.07, 6.45) is 0.954. The van der Waals surface area contributed by atoms with Crippen LogP contribution < -0.4 is 5.32 Å². The van der Waals surface area contributed by atoms with Crippen LogP contribution in [-0.2, 0) is 22.2 Å². The normalized spacial score (nSPS) is 12.0. The molecule has 0 aliphatic carbocycles. The first-order valence-electron chi connectivity index (χ1n) is 7.69. The minimum absolute atomic E-state index is 0.0497. The number of hydrogen-bond donors (Lipinski definition) is 1. The van der Waals surface area contributed by atoms with Gasteiger partial charge in [0.2, 0.25) is 10.2 Å². The number of thiophene rings is 1. The Kier molecular flexibility index (Phi) is 6.35. The van der Waals surface area contributed by atoms with Crippen molar-refractivity contribution in [1.29, 1.82) is 0 Å². The Morgan fingerprint density at radius 2 is 2.12 bits per heavy atom. The molecule has 7 nitrogen and oxygen atoms in total. The molecule has 3 rings (SSSR count). The zero-order valence-electron chi connectivity index (χ0n) is 14.2. The third-order valence-corrected chi connectivity index (χ3v) is 8.01. The molecule has 3 aromatic rings. The van der Waals surface area contributed by atoms with Gasteiger partial charge in [0.15, 0.2) is 4.34 Å². The summed E-state index contributed by atoms with van der Waals surface area (Å²) in [7, 11) is -0.596. The fourth-order valence-corrected chi connectivity index (χ4v) is 5.17. The van der Waals surface area contributed by atoms with Crippen molar-refractivity contribution < 1.29 is 12.8 Å². The molecule has 0 aromatic carbocycles. The maximum absolute atomic E-state index is 12.0. The van der Waals surface area contributed by atoms with E-state index in [9.17, 15) is 8.42 Å². The lowest BCUT2D eigenvalue weighted by atomic mass is 10.3. The maximum Gasteiger partial charge on any atom is 0.275 e. The fraction of sp³-hybridized carbons (Fsp3) is 0.333. The Bertz CT molecular complexity index is 932. The Balaban J connectivity index is 1.50. The van der Waals surface area contributed by atoms with E-state index in [1.165, 1.54) is 48.1 Å². The first kappa shape index (κ1) is 19.4. The zero-order chi connectivity index (χ0) is 18.6. The van der Waals surface area contributed by atoms with Gasteiger partial charge in [0.25, 0.3) is 10.0 Å². The lowest BCUT2D eigenvalue weighted by Crippen LogP contribution is -2.21. The summed E-state index contributed by atoms with van der Waals surface area (Å²) in [5.74, 6) is 1.07. The molecule has 0 aliphatic rings. The number of furan rings is 1. The summed E-state index contributed by atoms with van der Waals surface area (Å²) in [5, 5.41) is 14.3. The predicted molar refractivity (Wildman–Crippen MR) is 106 cm³/mol. The number of nitrogens with one attached hydrogen (secondary N) is 1. The SMILES string of the molecule is CN(C)S(=O)(=O)c1ccc(CSc2nnc(NCCc3cccs3)s2)o1. The van der Waals surface area contributed by atoms with Gasteiger partial charge in [-0.25, -0.2) is 12.7 Å². The molecule has 140 valence electrons. The van der Waals surface area contributed by atoms with E-state index < -0.39 is 10.0 Å². The molecule has 1 N–H and O–H groups in total. The first-order chi connectivity index (χ1) is 12.4. The van der Waals surface area contributed by atoms with Gasteiger partial charge in [-0.3, -0.25) is 0 Å². The van der Waals surface area contributed by atoms with Crippen molar-refractivity contribution in [2.45, 2.75) is 21.6 Å². The van der Waals surface area contributed by atoms with Crippen LogP contribution in [0.5, 0.6) is 0 Å². The van der Waals surface area contributed by atoms with Crippen LogP contribution in [0.3, 0.4) is 0 Å². The lowest BCUT2D eigenvalue weighted by molar-refractivity contribution is 0.408. The fourth-order valence-electron chi connectivity index (χ4n) is 1.97. The van der Waals surface area contributed by atoms with Crippen molar-refractivity contribution in [3.8, 4) is 0 Å². The van der Waals surface area contributed by atoms with E-state index >= 15 is 0 Å². The van der Waals surface area contributed by atoms with Crippen LogP contribution in [0.1, 0.15) is 10.6 Å². The summed E-state index contributed by atoms with van der Waals surface area (Å²) in [4.78, 5) is 1.33. The maximum atomic E-state index is 12.0. The van der Waals surface area contributed by atoms with Crippen LogP contribution in [0.2, 0.25) is 0 Å². The first-order valence-corrected chi connectivity index (χ1v) is 11.8. The molecule has 0 fully saturated rings. The van der Waals surface area contributed by atoms with Crippen molar-refractivity contribution in [2.24, 2.45) is 0 Å². The summed E-state index contributed by atoms with van der Waals surface area (Å²) in [5.41, 5.74) is 0. The standard InChI is InChI=1S/C15H18N4O3S4/c1-19(2)26(20,21)13-6-5-11(22-13)10-24-15-18-17-14(25-15)16-8-7-12-4-3-9-23-12/h3-6,9H,7-8,10H2,1-2H3,(H,16,17). The Hall–Kier alpha value is -1.40. The van der Waals surface area contributed by atoms with Gasteiger partial charge in [-0.2, -0.15) is 0 Å². The van der Waals surface area contributed by atoms with E-state index in [0.717, 1.165) is 26.7 Å². The topological polar surface area (TPSA) is 88.3 Å². The van der Waals surface area contributed by atoms with Crippen molar-refractivity contribution in [1.82, 2.24) is 14.5 Å². The molecule has 0 saturated heterocycles. The van der Waals surface area contributed by atoms with E-state index in [0.29, 0.717) is 11.5 Å². The molecule has 0 aliphatic heterocycles. The van der Waals surface area contributed by atoms with Gasteiger partial charge < -0.3 is 9.73 Å². The molecular weight excluding hydrogens is 412 g/mol. The summed E-state index contributed by atoms with van der Waals surface area (Å²) in [6, 6.07) is 7.30. The number of thioether (sulfide) groups is 1. The molecule has 0 spiro atoms. The number of anilines is 1. The molecule has 0 unspecified atom stereocenters. The number of nitrogens with zero attached hydrogens (tertiary/aromatic N) is 3. The van der Waals surface area contributed by atoms with Crippen LogP contribution in [0.4, 0.5) is 5.13 Å². The average molecular weight is 431 g/mol. The molecule has 11 heteroatoms. The third-order valence-electron chi connectivity index (χ3n) is 3.34. The zero-order valence-corrected chi connectivity index (χ0v) is 17.5. The molecule has 0 atom stereocenters. The van der Waals surface area contributed by atoms with Gasteiger partial charge in [0.1, 0.15) is 5.76 Å². The van der Waals surface area contributed by atoms with E-state index in [2.05, 4.69) is 27.0 Å². The largest absolute Gasteiger partial charge is 0.447 e. The molecule has 3 aromatic heterocycles. The molecule has 26 heavy (non-hydrogen) atoms. The average Bonchev–Trinajstić information content (AvgIpc) is 3.35. The smallest absolute Gasteiger partial charge is 0.275 e. The van der Waals surface area contributed by atoms with Gasteiger partial charge in [-0.15, -0.1) is 21.5 Å². The van der Waals surface area contributed by atoms with Crippen LogP contribution in [0, 0.1) is 0 Å². The quantitative estimate of drug-likeness (QED) is 0.521. The monoisotopic (exact) mass is 430 g/mol. The second-order valence-electron chi connectivity index (χ2n) is 5.43. The summed E-state index contributed by atoms with van der Waals surface area (Å²) >= 11 is 4.68. The molecule has 0 amide bonds. The van der Waals surface area contributed by atoms with E-state index in [1.54, 1.807) is 17.4 Å². The lowest BCUT2D eigenvalue weighted by Gasteiger charge is -2.07. The number of hydrogen-bond acceptors (Lipinski definition) is 9. The third kappa shape index (κ3) is 4.86. The molecule has 0 saturated carbocycles. The Morgan fingerprint density at radius 1 is 1.27 bits per heavy atom. The second kappa shape index (κ2) is 8.53. The Labute approximate surface area is 164 Å². The number of sulfonamides is 1. The van der Waals surface area contributed by atoms with Crippen LogP contribution >= 0.6 is 34.4 Å². The highest BCUT2D eigenvalue weighted by Gasteiger charge is 2.21. The van der Waals surface area contributed by atoms with Crippen LogP contribution in [0.25, 0.3) is 0 Å². The molecular formula is C15H18N4O3S4. The highest BCUT2D eigenvalue weighted by molar-refractivity contribution is 8.00. The van der Waals surface area contributed by atoms with E-state index in [4.69, 9.17) is 4.42 Å². The highest BCUT2D eigenvalue weighted by atomic mass is 32.2. The van der Waals surface area contributed by atoms with Crippen molar-refractivity contribution in [3.63, 3.8) is 0 Å². The van der Waals surface area contributed by atoms with Gasteiger partial charge in [0, 0.05) is 25.5 Å². The molecule has 0 radical (unpaired) electrons. The minimum Gasteiger partial charge on any atom is -0.447 e. The van der Waals surface area contributed by atoms with Crippen molar-refractivity contribution in [3.05, 3.63) is 40.3 Å². The Morgan fingerprint density at radius 3 is 2.85 bits per heavy atom. The van der Waals surface area contributed by atoms with Crippen LogP contribution in [0.15, 0.2) is 43.5 Å². The van der Waals surface area contributed by atoms with E-state index in [1.807, 2.05) is 6.07 Å². The van der Waals surface area contributed by atoms with Gasteiger partial charge >= 0.3 is 0 Å². The van der Waals surface area contributed by atoms with Crippen molar-refractivity contribution in [2.75, 3.05) is 26.0 Å².